The fraction of sp³-hybridized carbons (Fsp3) is 0.296. The second kappa shape index (κ2) is 11.0. The predicted molar refractivity (Wildman–Crippen MR) is 138 cm³/mol. The van der Waals surface area contributed by atoms with Crippen molar-refractivity contribution < 1.29 is 22.8 Å². The largest absolute Gasteiger partial charge is 0.343 e. The predicted octanol–water partition coefficient (Wildman–Crippen LogP) is 3.65. The Kier molecular flexibility index (Phi) is 7.81. The lowest BCUT2D eigenvalue weighted by atomic mass is 10.1. The zero-order valence-corrected chi connectivity index (χ0v) is 20.9. The van der Waals surface area contributed by atoms with Crippen molar-refractivity contribution >= 4 is 44.6 Å². The summed E-state index contributed by atoms with van der Waals surface area (Å²) in [6.07, 6.45) is 2.09. The first-order valence-corrected chi connectivity index (χ1v) is 13.4. The molecule has 0 aromatic heterocycles. The molecule has 0 unspecified atom stereocenters. The van der Waals surface area contributed by atoms with Crippen LogP contribution >= 0.6 is 0 Å². The first-order chi connectivity index (χ1) is 17.3. The van der Waals surface area contributed by atoms with Crippen LogP contribution < -0.4 is 10.0 Å². The summed E-state index contributed by atoms with van der Waals surface area (Å²) in [5, 5.41) is 4.05. The molecule has 1 aliphatic rings. The van der Waals surface area contributed by atoms with Crippen molar-refractivity contribution in [2.45, 2.75) is 43.5 Å². The Labute approximate surface area is 210 Å². The molecule has 0 radical (unpaired) electrons. The lowest BCUT2D eigenvalue weighted by molar-refractivity contribution is -0.133. The smallest absolute Gasteiger partial charge is 0.255 e. The van der Waals surface area contributed by atoms with Gasteiger partial charge in [0.1, 0.15) is 6.29 Å². The number of fused-ring (bicyclic) bond motifs is 1. The van der Waals surface area contributed by atoms with Gasteiger partial charge in [0.25, 0.3) is 5.91 Å². The number of amides is 2. The van der Waals surface area contributed by atoms with E-state index < -0.39 is 10.0 Å². The van der Waals surface area contributed by atoms with Crippen LogP contribution in [0.1, 0.15) is 41.6 Å². The number of nitrogens with zero attached hydrogens (tertiary/aromatic N) is 1. The monoisotopic (exact) mass is 507 g/mol. The molecule has 188 valence electrons. The number of carbonyl (C=O) groups excluding carboxylic acids is 3. The molecular weight excluding hydrogens is 478 g/mol. The Balaban J connectivity index is 1.52. The Bertz CT molecular complexity index is 1400. The maximum Gasteiger partial charge on any atom is 0.255 e. The Hall–Kier alpha value is -3.56. The number of likely N-dealkylation sites (tertiary alicyclic amines) is 1. The number of aryl methyl sites for hydroxylation is 1. The number of carbonyl (C=O) groups is 3. The van der Waals surface area contributed by atoms with E-state index in [0.717, 1.165) is 11.8 Å². The van der Waals surface area contributed by atoms with E-state index in [-0.39, 0.29) is 35.6 Å². The van der Waals surface area contributed by atoms with E-state index in [4.69, 9.17) is 0 Å². The van der Waals surface area contributed by atoms with E-state index >= 15 is 0 Å². The zero-order chi connectivity index (χ0) is 25.7. The van der Waals surface area contributed by atoms with Crippen LogP contribution in [-0.2, 0) is 19.6 Å². The molecule has 1 saturated heterocycles. The fourth-order valence-electron chi connectivity index (χ4n) is 4.50. The third kappa shape index (κ3) is 5.63. The van der Waals surface area contributed by atoms with Gasteiger partial charge in [-0.05, 0) is 43.5 Å². The third-order valence-corrected chi connectivity index (χ3v) is 8.04. The van der Waals surface area contributed by atoms with Crippen LogP contribution in [0.25, 0.3) is 10.8 Å². The molecule has 1 heterocycles. The lowest BCUT2D eigenvalue weighted by Crippen LogP contribution is -2.46. The number of hydrogen-bond donors (Lipinski definition) is 2. The standard InChI is InChI=1S/C27H29N3O5S/c1-19-7-2-3-8-21(19)27(33)28-24-12-13-25(23-10-5-4-9-22(23)24)36(34,35)29-20-14-16-30(17-15-20)26(32)11-6-18-31/h2-5,7-10,12-13,18,20,29H,6,11,14-17H2,1H3,(H,28,33). The van der Waals surface area contributed by atoms with Gasteiger partial charge >= 0.3 is 0 Å². The molecule has 2 N–H and O–H groups in total. The third-order valence-electron chi connectivity index (χ3n) is 6.46. The highest BCUT2D eigenvalue weighted by Crippen LogP contribution is 2.30. The minimum atomic E-state index is -3.85. The van der Waals surface area contributed by atoms with Gasteiger partial charge in [-0.2, -0.15) is 0 Å². The van der Waals surface area contributed by atoms with Crippen LogP contribution in [0.4, 0.5) is 5.69 Å². The number of piperidine rings is 1. The molecule has 1 fully saturated rings. The van der Waals surface area contributed by atoms with Gasteiger partial charge in [-0.1, -0.05) is 42.5 Å². The lowest BCUT2D eigenvalue weighted by Gasteiger charge is -2.32. The SMILES string of the molecule is Cc1ccccc1C(=O)Nc1ccc(S(=O)(=O)NC2CCN(C(=O)CCC=O)CC2)c2ccccc12. The Morgan fingerprint density at radius 1 is 0.972 bits per heavy atom. The number of nitrogens with one attached hydrogen (secondary N) is 2. The quantitative estimate of drug-likeness (QED) is 0.452. The summed E-state index contributed by atoms with van der Waals surface area (Å²) in [7, 11) is -3.85. The summed E-state index contributed by atoms with van der Waals surface area (Å²) >= 11 is 0. The topological polar surface area (TPSA) is 113 Å². The minimum Gasteiger partial charge on any atom is -0.343 e. The second-order valence-electron chi connectivity index (χ2n) is 8.91. The molecule has 9 heteroatoms. The molecule has 36 heavy (non-hydrogen) atoms. The van der Waals surface area contributed by atoms with Crippen LogP contribution in [0.15, 0.2) is 65.6 Å². The number of rotatable bonds is 8. The van der Waals surface area contributed by atoms with Gasteiger partial charge in [-0.15, -0.1) is 0 Å². The molecule has 0 aliphatic carbocycles. The highest BCUT2D eigenvalue weighted by atomic mass is 32.2. The molecule has 0 saturated carbocycles. The highest BCUT2D eigenvalue weighted by Gasteiger charge is 2.28. The fourth-order valence-corrected chi connectivity index (χ4v) is 6.02. The average Bonchev–Trinajstić information content (AvgIpc) is 2.87. The molecule has 8 nitrogen and oxygen atoms in total. The first-order valence-electron chi connectivity index (χ1n) is 11.9. The van der Waals surface area contributed by atoms with Crippen molar-refractivity contribution in [3.8, 4) is 0 Å². The van der Waals surface area contributed by atoms with Crippen LogP contribution in [0.5, 0.6) is 0 Å². The van der Waals surface area contributed by atoms with E-state index in [1.165, 1.54) is 6.07 Å². The maximum absolute atomic E-state index is 13.4. The summed E-state index contributed by atoms with van der Waals surface area (Å²) in [5.41, 5.74) is 1.93. The van der Waals surface area contributed by atoms with Crippen molar-refractivity contribution in [1.82, 2.24) is 9.62 Å². The van der Waals surface area contributed by atoms with Gasteiger partial charge in [0.2, 0.25) is 15.9 Å². The maximum atomic E-state index is 13.4. The van der Waals surface area contributed by atoms with Gasteiger partial charge in [-0.3, -0.25) is 9.59 Å². The number of sulfonamides is 1. The average molecular weight is 508 g/mol. The number of benzene rings is 3. The number of aldehydes is 1. The van der Waals surface area contributed by atoms with E-state index in [1.54, 1.807) is 47.4 Å². The summed E-state index contributed by atoms with van der Waals surface area (Å²) < 4.78 is 29.5. The zero-order valence-electron chi connectivity index (χ0n) is 20.1. The Morgan fingerprint density at radius 3 is 2.33 bits per heavy atom. The molecule has 1 aliphatic heterocycles. The van der Waals surface area contributed by atoms with Gasteiger partial charge in [0, 0.05) is 54.0 Å². The Morgan fingerprint density at radius 2 is 1.64 bits per heavy atom. The molecule has 0 bridgehead atoms. The van der Waals surface area contributed by atoms with E-state index in [0.29, 0.717) is 48.0 Å². The molecule has 4 rings (SSSR count). The van der Waals surface area contributed by atoms with Crippen LogP contribution in [0.2, 0.25) is 0 Å². The van der Waals surface area contributed by atoms with E-state index in [2.05, 4.69) is 10.0 Å². The molecule has 3 aromatic rings. The van der Waals surface area contributed by atoms with Crippen LogP contribution in [0, 0.1) is 6.92 Å². The molecule has 0 spiro atoms. The normalized spacial score (nSPS) is 14.5. The highest BCUT2D eigenvalue weighted by molar-refractivity contribution is 7.89. The summed E-state index contributed by atoms with van der Waals surface area (Å²) in [6, 6.07) is 17.2. The molecule has 2 amide bonds. The molecule has 0 atom stereocenters. The van der Waals surface area contributed by atoms with Gasteiger partial charge < -0.3 is 15.0 Å². The van der Waals surface area contributed by atoms with Crippen molar-refractivity contribution in [3.63, 3.8) is 0 Å². The number of anilines is 1. The van der Waals surface area contributed by atoms with Crippen molar-refractivity contribution in [2.75, 3.05) is 18.4 Å². The molecule has 3 aromatic carbocycles. The van der Waals surface area contributed by atoms with Crippen LogP contribution in [0.3, 0.4) is 0 Å². The van der Waals surface area contributed by atoms with E-state index in [1.807, 2.05) is 19.1 Å². The first kappa shape index (κ1) is 25.5. The summed E-state index contributed by atoms with van der Waals surface area (Å²) in [6.45, 7) is 2.74. The van der Waals surface area contributed by atoms with Gasteiger partial charge in [-0.25, -0.2) is 13.1 Å². The van der Waals surface area contributed by atoms with Crippen LogP contribution in [-0.4, -0.2) is 50.5 Å². The number of hydrogen-bond acceptors (Lipinski definition) is 5. The van der Waals surface area contributed by atoms with E-state index in [9.17, 15) is 22.8 Å². The van der Waals surface area contributed by atoms with Crippen molar-refractivity contribution in [3.05, 3.63) is 71.8 Å². The molecular formula is C27H29N3O5S. The van der Waals surface area contributed by atoms with Gasteiger partial charge in [0.05, 0.1) is 4.90 Å². The minimum absolute atomic E-state index is 0.0854. The second-order valence-corrected chi connectivity index (χ2v) is 10.6. The van der Waals surface area contributed by atoms with Crippen molar-refractivity contribution in [1.29, 1.82) is 0 Å². The summed E-state index contributed by atoms with van der Waals surface area (Å²) in [4.78, 5) is 37.3. The van der Waals surface area contributed by atoms with Crippen molar-refractivity contribution in [2.24, 2.45) is 0 Å². The summed E-state index contributed by atoms with van der Waals surface area (Å²) in [5.74, 6) is -0.348. The van der Waals surface area contributed by atoms with Gasteiger partial charge in [0.15, 0.2) is 0 Å².